The zero-order chi connectivity index (χ0) is 10.0. The molecular formula is C7H7BrF2N2O. The number of halogens is 3. The summed E-state index contributed by atoms with van der Waals surface area (Å²) in [5.74, 6) is 0.335. The topological polar surface area (TPSA) is 48.1 Å². The van der Waals surface area contributed by atoms with Crippen LogP contribution in [0.2, 0.25) is 0 Å². The number of ether oxygens (including phenoxy) is 1. The number of hydrogen-bond acceptors (Lipinski definition) is 3. The van der Waals surface area contributed by atoms with E-state index in [1.807, 2.05) is 0 Å². The molecule has 0 bridgehead atoms. The summed E-state index contributed by atoms with van der Waals surface area (Å²) >= 11 is 2.98. The van der Waals surface area contributed by atoms with Crippen LogP contribution in [0.15, 0.2) is 10.7 Å². The molecule has 6 heteroatoms. The highest BCUT2D eigenvalue weighted by Gasteiger charge is 2.16. The summed E-state index contributed by atoms with van der Waals surface area (Å²) in [6, 6.07) is 1.30. The molecule has 0 unspecified atom stereocenters. The Hall–Kier alpha value is -0.910. The number of anilines is 1. The molecular weight excluding hydrogens is 246 g/mol. The van der Waals surface area contributed by atoms with Gasteiger partial charge in [0.05, 0.1) is 12.8 Å². The number of nitrogens with two attached hydrogens (primary N) is 1. The van der Waals surface area contributed by atoms with Crippen LogP contribution in [-0.4, -0.2) is 12.1 Å². The van der Waals surface area contributed by atoms with Crippen LogP contribution in [0.1, 0.15) is 12.1 Å². The van der Waals surface area contributed by atoms with E-state index in [1.54, 1.807) is 0 Å². The number of pyridine rings is 1. The second-order valence-electron chi connectivity index (χ2n) is 2.26. The summed E-state index contributed by atoms with van der Waals surface area (Å²) < 4.78 is 29.5. The molecule has 0 aromatic carbocycles. The van der Waals surface area contributed by atoms with Crippen LogP contribution in [0.4, 0.5) is 14.5 Å². The highest BCUT2D eigenvalue weighted by molar-refractivity contribution is 9.10. The van der Waals surface area contributed by atoms with Gasteiger partial charge in [-0.25, -0.2) is 13.8 Å². The van der Waals surface area contributed by atoms with Gasteiger partial charge in [0.1, 0.15) is 10.3 Å². The van der Waals surface area contributed by atoms with E-state index in [0.717, 1.165) is 0 Å². The van der Waals surface area contributed by atoms with E-state index in [4.69, 9.17) is 10.5 Å². The number of rotatable bonds is 2. The van der Waals surface area contributed by atoms with Crippen molar-refractivity contribution in [2.24, 2.45) is 0 Å². The van der Waals surface area contributed by atoms with E-state index >= 15 is 0 Å². The fourth-order valence-corrected chi connectivity index (χ4v) is 1.29. The smallest absolute Gasteiger partial charge is 0.282 e. The summed E-state index contributed by atoms with van der Waals surface area (Å²) in [4.78, 5) is 3.56. The van der Waals surface area contributed by atoms with Gasteiger partial charge in [0, 0.05) is 6.07 Å². The molecule has 0 radical (unpaired) electrons. The monoisotopic (exact) mass is 252 g/mol. The predicted octanol–water partition coefficient (Wildman–Crippen LogP) is 2.37. The second kappa shape index (κ2) is 3.87. The van der Waals surface area contributed by atoms with E-state index in [1.165, 1.54) is 13.2 Å². The van der Waals surface area contributed by atoms with Crippen LogP contribution >= 0.6 is 15.9 Å². The Morgan fingerprint density at radius 3 is 2.69 bits per heavy atom. The van der Waals surface area contributed by atoms with E-state index in [0.29, 0.717) is 5.75 Å². The fourth-order valence-electron chi connectivity index (χ4n) is 0.818. The summed E-state index contributed by atoms with van der Waals surface area (Å²) in [6.07, 6.45) is -2.68. The molecule has 0 aliphatic heterocycles. The first-order chi connectivity index (χ1) is 6.06. The molecule has 0 aliphatic rings. The van der Waals surface area contributed by atoms with Crippen molar-refractivity contribution in [2.75, 3.05) is 12.8 Å². The van der Waals surface area contributed by atoms with Crippen molar-refractivity contribution in [3.05, 3.63) is 16.4 Å². The van der Waals surface area contributed by atoms with Crippen molar-refractivity contribution in [3.8, 4) is 5.75 Å². The van der Waals surface area contributed by atoms with Crippen LogP contribution in [0.3, 0.4) is 0 Å². The van der Waals surface area contributed by atoms with Crippen LogP contribution in [-0.2, 0) is 0 Å². The standard InChI is InChI=1S/C7H7BrF2N2O/c1-13-4-2-3(11)5(7(9)10)12-6(4)8/h2,7H,11H2,1H3. The minimum atomic E-state index is -2.68. The van der Waals surface area contributed by atoms with Gasteiger partial charge in [0.25, 0.3) is 6.43 Å². The van der Waals surface area contributed by atoms with Gasteiger partial charge >= 0.3 is 0 Å². The Kier molecular flexibility index (Phi) is 3.02. The Labute approximate surface area is 82.0 Å². The molecule has 2 N–H and O–H groups in total. The number of methoxy groups -OCH3 is 1. The molecule has 13 heavy (non-hydrogen) atoms. The highest BCUT2D eigenvalue weighted by Crippen LogP contribution is 2.31. The van der Waals surface area contributed by atoms with Crippen LogP contribution < -0.4 is 10.5 Å². The molecule has 0 fully saturated rings. The molecule has 0 saturated heterocycles. The molecule has 0 saturated carbocycles. The Morgan fingerprint density at radius 1 is 1.62 bits per heavy atom. The zero-order valence-corrected chi connectivity index (χ0v) is 8.31. The minimum absolute atomic E-state index is 0.0740. The van der Waals surface area contributed by atoms with Gasteiger partial charge in [-0.15, -0.1) is 0 Å². The Balaban J connectivity index is 3.20. The van der Waals surface area contributed by atoms with Gasteiger partial charge < -0.3 is 10.5 Å². The lowest BCUT2D eigenvalue weighted by Gasteiger charge is -2.07. The molecule has 72 valence electrons. The van der Waals surface area contributed by atoms with Crippen molar-refractivity contribution in [1.29, 1.82) is 0 Å². The van der Waals surface area contributed by atoms with Gasteiger partial charge in [-0.3, -0.25) is 0 Å². The quantitative estimate of drug-likeness (QED) is 0.823. The van der Waals surface area contributed by atoms with Crippen molar-refractivity contribution < 1.29 is 13.5 Å². The summed E-state index contributed by atoms with van der Waals surface area (Å²) in [5, 5.41) is 0. The van der Waals surface area contributed by atoms with Crippen LogP contribution in [0, 0.1) is 0 Å². The third-order valence-corrected chi connectivity index (χ3v) is 2.00. The number of hydrogen-bond donors (Lipinski definition) is 1. The van der Waals surface area contributed by atoms with Gasteiger partial charge in [0.2, 0.25) is 0 Å². The molecule has 0 amide bonds. The number of nitrogen functional groups attached to an aromatic ring is 1. The molecule has 1 heterocycles. The Morgan fingerprint density at radius 2 is 2.23 bits per heavy atom. The van der Waals surface area contributed by atoms with Crippen molar-refractivity contribution in [1.82, 2.24) is 4.98 Å². The molecule has 1 rings (SSSR count). The van der Waals surface area contributed by atoms with E-state index in [-0.39, 0.29) is 10.3 Å². The lowest BCUT2D eigenvalue weighted by Crippen LogP contribution is -2.00. The van der Waals surface area contributed by atoms with Crippen molar-refractivity contribution in [3.63, 3.8) is 0 Å². The molecule has 1 aromatic heterocycles. The molecule has 3 nitrogen and oxygen atoms in total. The maximum atomic E-state index is 12.2. The zero-order valence-electron chi connectivity index (χ0n) is 6.72. The van der Waals surface area contributed by atoms with Crippen LogP contribution in [0.5, 0.6) is 5.75 Å². The normalized spacial score (nSPS) is 10.5. The predicted molar refractivity (Wildman–Crippen MR) is 47.9 cm³/mol. The van der Waals surface area contributed by atoms with Crippen molar-refractivity contribution in [2.45, 2.75) is 6.43 Å². The summed E-state index contributed by atoms with van der Waals surface area (Å²) in [7, 11) is 1.41. The lowest BCUT2D eigenvalue weighted by atomic mass is 10.3. The van der Waals surface area contributed by atoms with Gasteiger partial charge in [-0.1, -0.05) is 0 Å². The maximum Gasteiger partial charge on any atom is 0.282 e. The number of aromatic nitrogens is 1. The van der Waals surface area contributed by atoms with Gasteiger partial charge in [-0.2, -0.15) is 0 Å². The highest BCUT2D eigenvalue weighted by atomic mass is 79.9. The van der Waals surface area contributed by atoms with Crippen molar-refractivity contribution >= 4 is 21.6 Å². The molecule has 1 aromatic rings. The Bertz CT molecular complexity index is 320. The average Bonchev–Trinajstić information content (AvgIpc) is 2.07. The second-order valence-corrected chi connectivity index (χ2v) is 3.01. The first kappa shape index (κ1) is 10.2. The van der Waals surface area contributed by atoms with E-state index in [9.17, 15) is 8.78 Å². The molecule has 0 spiro atoms. The summed E-state index contributed by atoms with van der Waals surface area (Å²) in [6.45, 7) is 0. The summed E-state index contributed by atoms with van der Waals surface area (Å²) in [5.41, 5.74) is 4.81. The average molecular weight is 253 g/mol. The third kappa shape index (κ3) is 2.06. The first-order valence-electron chi connectivity index (χ1n) is 3.34. The maximum absolute atomic E-state index is 12.2. The van der Waals surface area contributed by atoms with Gasteiger partial charge in [-0.05, 0) is 15.9 Å². The first-order valence-corrected chi connectivity index (χ1v) is 4.13. The third-order valence-electron chi connectivity index (χ3n) is 1.43. The van der Waals surface area contributed by atoms with Gasteiger partial charge in [0.15, 0.2) is 5.75 Å². The van der Waals surface area contributed by atoms with Crippen LogP contribution in [0.25, 0.3) is 0 Å². The largest absolute Gasteiger partial charge is 0.494 e. The number of alkyl halides is 2. The minimum Gasteiger partial charge on any atom is -0.494 e. The fraction of sp³-hybridized carbons (Fsp3) is 0.286. The SMILES string of the molecule is COc1cc(N)c(C(F)F)nc1Br. The van der Waals surface area contributed by atoms with E-state index in [2.05, 4.69) is 20.9 Å². The van der Waals surface area contributed by atoms with E-state index < -0.39 is 12.1 Å². The lowest BCUT2D eigenvalue weighted by molar-refractivity contribution is 0.146. The number of nitrogens with zero attached hydrogens (tertiary/aromatic N) is 1. The molecule has 0 aliphatic carbocycles. The molecule has 0 atom stereocenters.